The summed E-state index contributed by atoms with van der Waals surface area (Å²) in [6.07, 6.45) is 0.789. The first-order valence-corrected chi connectivity index (χ1v) is 5.93. The molecule has 1 heterocycles. The lowest BCUT2D eigenvalue weighted by Crippen LogP contribution is -2.23. The average molecular weight is 232 g/mol. The van der Waals surface area contributed by atoms with Gasteiger partial charge in [-0.1, -0.05) is 6.07 Å². The molecule has 0 bridgehead atoms. The fraction of sp³-hybridized carbons (Fsp3) is 0.462. The zero-order valence-corrected chi connectivity index (χ0v) is 10.6. The van der Waals surface area contributed by atoms with Gasteiger partial charge in [0.1, 0.15) is 5.82 Å². The molecule has 0 aliphatic carbocycles. The minimum absolute atomic E-state index is 0.0123. The third kappa shape index (κ3) is 2.33. The molecule has 4 nitrogen and oxygen atoms in total. The van der Waals surface area contributed by atoms with E-state index in [0.717, 1.165) is 28.8 Å². The first-order chi connectivity index (χ1) is 7.99. The van der Waals surface area contributed by atoms with Gasteiger partial charge in [-0.25, -0.2) is 4.98 Å². The number of nitrogens with zero attached hydrogens (tertiary/aromatic N) is 2. The summed E-state index contributed by atoms with van der Waals surface area (Å²) in [5, 5.41) is 0. The summed E-state index contributed by atoms with van der Waals surface area (Å²) in [7, 11) is 2.02. The van der Waals surface area contributed by atoms with Crippen molar-refractivity contribution in [3.8, 4) is 0 Å². The van der Waals surface area contributed by atoms with Crippen LogP contribution in [0.15, 0.2) is 18.2 Å². The molecule has 2 atom stereocenters. The minimum atomic E-state index is -0.0123. The van der Waals surface area contributed by atoms with Crippen molar-refractivity contribution in [2.24, 2.45) is 18.5 Å². The Labute approximate surface area is 102 Å². The molecule has 0 radical (unpaired) electrons. The van der Waals surface area contributed by atoms with Crippen molar-refractivity contribution in [2.45, 2.75) is 32.4 Å². The molecule has 0 spiro atoms. The normalized spacial score (nSPS) is 15.1. The van der Waals surface area contributed by atoms with E-state index in [1.807, 2.05) is 20.9 Å². The molecule has 4 N–H and O–H groups in total. The molecule has 1 aromatic carbocycles. The number of aromatic nitrogens is 2. The minimum Gasteiger partial charge on any atom is -0.331 e. The molecule has 4 heteroatoms. The standard InChI is InChI=1S/C13H20N4/c1-8(14)6-11(15)10-4-5-13-12(7-10)16-9(2)17(13)3/h4-5,7-8,11H,6,14-15H2,1-3H3. The van der Waals surface area contributed by atoms with Gasteiger partial charge in [-0.05, 0) is 38.0 Å². The lowest BCUT2D eigenvalue weighted by Gasteiger charge is -2.14. The van der Waals surface area contributed by atoms with Crippen LogP contribution in [0.5, 0.6) is 0 Å². The van der Waals surface area contributed by atoms with Crippen LogP contribution in [0.2, 0.25) is 0 Å². The molecule has 2 unspecified atom stereocenters. The molecular weight excluding hydrogens is 212 g/mol. The van der Waals surface area contributed by atoms with Crippen molar-refractivity contribution in [1.29, 1.82) is 0 Å². The summed E-state index contributed by atoms with van der Waals surface area (Å²) in [6, 6.07) is 6.31. The number of fused-ring (bicyclic) bond motifs is 1. The molecule has 2 aromatic rings. The summed E-state index contributed by atoms with van der Waals surface area (Å²) >= 11 is 0. The maximum Gasteiger partial charge on any atom is 0.106 e. The zero-order chi connectivity index (χ0) is 12.6. The molecule has 0 fully saturated rings. The van der Waals surface area contributed by atoms with E-state index in [4.69, 9.17) is 11.5 Å². The van der Waals surface area contributed by atoms with Gasteiger partial charge in [-0.15, -0.1) is 0 Å². The van der Waals surface area contributed by atoms with Crippen molar-refractivity contribution in [3.05, 3.63) is 29.6 Å². The van der Waals surface area contributed by atoms with E-state index < -0.39 is 0 Å². The molecular formula is C13H20N4. The van der Waals surface area contributed by atoms with Crippen LogP contribution in [-0.2, 0) is 7.05 Å². The van der Waals surface area contributed by atoms with E-state index in [1.54, 1.807) is 0 Å². The van der Waals surface area contributed by atoms with E-state index in [1.165, 1.54) is 0 Å². The van der Waals surface area contributed by atoms with Crippen molar-refractivity contribution < 1.29 is 0 Å². The molecule has 0 aliphatic heterocycles. The van der Waals surface area contributed by atoms with Gasteiger partial charge in [-0.2, -0.15) is 0 Å². The molecule has 1 aromatic heterocycles. The predicted octanol–water partition coefficient (Wildman–Crippen LogP) is 1.62. The molecule has 0 aliphatic rings. The monoisotopic (exact) mass is 232 g/mol. The van der Waals surface area contributed by atoms with Crippen LogP contribution in [0, 0.1) is 6.92 Å². The number of nitrogens with two attached hydrogens (primary N) is 2. The lowest BCUT2D eigenvalue weighted by molar-refractivity contribution is 0.569. The van der Waals surface area contributed by atoms with E-state index in [9.17, 15) is 0 Å². The van der Waals surface area contributed by atoms with Crippen LogP contribution < -0.4 is 11.5 Å². The maximum absolute atomic E-state index is 6.12. The highest BCUT2D eigenvalue weighted by Gasteiger charge is 2.11. The topological polar surface area (TPSA) is 69.9 Å². The third-order valence-corrected chi connectivity index (χ3v) is 3.18. The van der Waals surface area contributed by atoms with Gasteiger partial charge in [0, 0.05) is 19.1 Å². The Morgan fingerprint density at radius 3 is 2.71 bits per heavy atom. The van der Waals surface area contributed by atoms with Crippen molar-refractivity contribution in [2.75, 3.05) is 0 Å². The highest BCUT2D eigenvalue weighted by atomic mass is 15.0. The molecule has 0 saturated heterocycles. The number of imidazole rings is 1. The van der Waals surface area contributed by atoms with Gasteiger partial charge in [0.05, 0.1) is 11.0 Å². The van der Waals surface area contributed by atoms with Gasteiger partial charge >= 0.3 is 0 Å². The lowest BCUT2D eigenvalue weighted by atomic mass is 10.0. The van der Waals surface area contributed by atoms with Crippen molar-refractivity contribution in [3.63, 3.8) is 0 Å². The second-order valence-electron chi connectivity index (χ2n) is 4.79. The number of hydrogen-bond donors (Lipinski definition) is 2. The van der Waals surface area contributed by atoms with Gasteiger partial charge in [0.2, 0.25) is 0 Å². The Bertz CT molecular complexity index is 527. The smallest absolute Gasteiger partial charge is 0.106 e. The fourth-order valence-electron chi connectivity index (χ4n) is 2.10. The number of aryl methyl sites for hydroxylation is 2. The van der Waals surface area contributed by atoms with Gasteiger partial charge in [0.15, 0.2) is 0 Å². The van der Waals surface area contributed by atoms with E-state index >= 15 is 0 Å². The maximum atomic E-state index is 6.12. The zero-order valence-electron chi connectivity index (χ0n) is 10.6. The van der Waals surface area contributed by atoms with E-state index in [0.29, 0.717) is 0 Å². The van der Waals surface area contributed by atoms with Gasteiger partial charge in [0.25, 0.3) is 0 Å². The van der Waals surface area contributed by atoms with Crippen LogP contribution in [0.4, 0.5) is 0 Å². The van der Waals surface area contributed by atoms with Crippen LogP contribution >= 0.6 is 0 Å². The molecule has 0 amide bonds. The molecule has 0 saturated carbocycles. The summed E-state index contributed by atoms with van der Waals surface area (Å²) in [6.45, 7) is 3.98. The molecule has 2 rings (SSSR count). The first kappa shape index (κ1) is 12.1. The van der Waals surface area contributed by atoms with Crippen molar-refractivity contribution >= 4 is 11.0 Å². The Hall–Kier alpha value is -1.39. The number of rotatable bonds is 3. The van der Waals surface area contributed by atoms with Gasteiger partial charge < -0.3 is 16.0 Å². The van der Waals surface area contributed by atoms with Crippen LogP contribution in [-0.4, -0.2) is 15.6 Å². The average Bonchev–Trinajstić information content (AvgIpc) is 2.53. The fourth-order valence-corrected chi connectivity index (χ4v) is 2.10. The Balaban J connectivity index is 2.38. The number of benzene rings is 1. The van der Waals surface area contributed by atoms with E-state index in [2.05, 4.69) is 27.8 Å². The summed E-state index contributed by atoms with van der Waals surface area (Å²) in [5.74, 6) is 1.01. The summed E-state index contributed by atoms with van der Waals surface area (Å²) in [5.41, 5.74) is 15.1. The second-order valence-corrected chi connectivity index (χ2v) is 4.79. The Kier molecular flexibility index (Phi) is 3.17. The van der Waals surface area contributed by atoms with Crippen molar-refractivity contribution in [1.82, 2.24) is 9.55 Å². The number of hydrogen-bond acceptors (Lipinski definition) is 3. The molecule has 17 heavy (non-hydrogen) atoms. The van der Waals surface area contributed by atoms with E-state index in [-0.39, 0.29) is 12.1 Å². The molecule has 92 valence electrons. The van der Waals surface area contributed by atoms with Crippen LogP contribution in [0.1, 0.15) is 30.8 Å². The van der Waals surface area contributed by atoms with Crippen LogP contribution in [0.3, 0.4) is 0 Å². The van der Waals surface area contributed by atoms with Crippen LogP contribution in [0.25, 0.3) is 11.0 Å². The second kappa shape index (κ2) is 4.47. The summed E-state index contributed by atoms with van der Waals surface area (Å²) < 4.78 is 2.08. The predicted molar refractivity (Wildman–Crippen MR) is 70.6 cm³/mol. The highest BCUT2D eigenvalue weighted by molar-refractivity contribution is 5.76. The quantitative estimate of drug-likeness (QED) is 0.844. The SMILES string of the molecule is Cc1nc2cc(C(N)CC(C)N)ccc2n1C. The largest absolute Gasteiger partial charge is 0.331 e. The first-order valence-electron chi connectivity index (χ1n) is 5.93. The highest BCUT2D eigenvalue weighted by Crippen LogP contribution is 2.21. The van der Waals surface area contributed by atoms with Gasteiger partial charge in [-0.3, -0.25) is 0 Å². The summed E-state index contributed by atoms with van der Waals surface area (Å²) in [4.78, 5) is 4.51. The Morgan fingerprint density at radius 1 is 1.35 bits per heavy atom. The third-order valence-electron chi connectivity index (χ3n) is 3.18. The Morgan fingerprint density at radius 2 is 2.06 bits per heavy atom.